The van der Waals surface area contributed by atoms with Crippen LogP contribution in [0.1, 0.15) is 53.2 Å². The maximum absolute atomic E-state index is 13.2. The Kier molecular flexibility index (Phi) is 5.06. The number of carbonyl (C=O) groups excluding carboxylic acids is 1. The predicted molar refractivity (Wildman–Crippen MR) is 118 cm³/mol. The Labute approximate surface area is 183 Å². The molecule has 0 aromatic heterocycles. The molecule has 2 aromatic carbocycles. The number of piperazine rings is 1. The first kappa shape index (κ1) is 20.5. The minimum atomic E-state index is -3.55. The fraction of sp³-hybridized carbons (Fsp3) is 0.458. The molecule has 2 aromatic rings. The Morgan fingerprint density at radius 1 is 1.00 bits per heavy atom. The first-order valence-corrected chi connectivity index (χ1v) is 12.5. The number of sulfonamides is 1. The molecule has 0 saturated carbocycles. The average Bonchev–Trinajstić information content (AvgIpc) is 3.37. The summed E-state index contributed by atoms with van der Waals surface area (Å²) >= 11 is 0. The number of amides is 1. The van der Waals surface area contributed by atoms with E-state index >= 15 is 0 Å². The standard InChI is InChI=1S/C24H28N2O4S/c1-16-17(2)30-23-21(16)7-4-8-22(23)24(27)25-11-13-26(14-12-25)31(28,29)20-10-9-18-5-3-6-19(18)15-20/h4,7-10,15-17H,3,5-6,11-14H2,1-2H3/t16-,17-/m0/s1. The van der Waals surface area contributed by atoms with E-state index in [0.29, 0.717) is 42.4 Å². The molecule has 0 bridgehead atoms. The normalized spacial score (nSPS) is 23.4. The van der Waals surface area contributed by atoms with Gasteiger partial charge < -0.3 is 9.64 Å². The van der Waals surface area contributed by atoms with Crippen LogP contribution in [0.4, 0.5) is 0 Å². The summed E-state index contributed by atoms with van der Waals surface area (Å²) in [7, 11) is -3.55. The van der Waals surface area contributed by atoms with Crippen LogP contribution >= 0.6 is 0 Å². The van der Waals surface area contributed by atoms with Gasteiger partial charge in [0, 0.05) is 37.7 Å². The number of hydrogen-bond acceptors (Lipinski definition) is 4. The number of hydrogen-bond donors (Lipinski definition) is 0. The van der Waals surface area contributed by atoms with Crippen molar-refractivity contribution in [2.45, 2.75) is 50.0 Å². The van der Waals surface area contributed by atoms with Gasteiger partial charge in [-0.05, 0) is 55.5 Å². The Bertz CT molecular complexity index is 1140. The van der Waals surface area contributed by atoms with Gasteiger partial charge in [0.25, 0.3) is 5.91 Å². The van der Waals surface area contributed by atoms with E-state index in [-0.39, 0.29) is 17.9 Å². The molecule has 1 amide bonds. The Hall–Kier alpha value is -2.38. The number of para-hydroxylation sites is 1. The highest BCUT2D eigenvalue weighted by atomic mass is 32.2. The largest absolute Gasteiger partial charge is 0.489 e. The van der Waals surface area contributed by atoms with Crippen LogP contribution in [0.25, 0.3) is 0 Å². The first-order valence-electron chi connectivity index (χ1n) is 11.1. The van der Waals surface area contributed by atoms with Crippen LogP contribution in [-0.2, 0) is 22.9 Å². The van der Waals surface area contributed by atoms with E-state index in [0.717, 1.165) is 30.4 Å². The van der Waals surface area contributed by atoms with Gasteiger partial charge in [-0.2, -0.15) is 4.31 Å². The first-order chi connectivity index (χ1) is 14.9. The van der Waals surface area contributed by atoms with E-state index in [9.17, 15) is 13.2 Å². The summed E-state index contributed by atoms with van der Waals surface area (Å²) in [5.74, 6) is 0.838. The molecular weight excluding hydrogens is 412 g/mol. The van der Waals surface area contributed by atoms with Crippen LogP contribution in [0, 0.1) is 0 Å². The maximum Gasteiger partial charge on any atom is 0.257 e. The van der Waals surface area contributed by atoms with Crippen molar-refractivity contribution in [3.05, 3.63) is 58.7 Å². The molecule has 31 heavy (non-hydrogen) atoms. The van der Waals surface area contributed by atoms with Gasteiger partial charge in [0.15, 0.2) is 0 Å². The third-order valence-corrected chi connectivity index (χ3v) is 8.90. The van der Waals surface area contributed by atoms with Crippen molar-refractivity contribution in [3.63, 3.8) is 0 Å². The summed E-state index contributed by atoms with van der Waals surface area (Å²) in [6, 6.07) is 11.2. The van der Waals surface area contributed by atoms with Gasteiger partial charge in [-0.15, -0.1) is 0 Å². The smallest absolute Gasteiger partial charge is 0.257 e. The molecule has 2 atom stereocenters. The zero-order valence-corrected chi connectivity index (χ0v) is 18.8. The molecule has 0 spiro atoms. The highest BCUT2D eigenvalue weighted by Gasteiger charge is 2.35. The molecule has 0 radical (unpaired) electrons. The fourth-order valence-corrected chi connectivity index (χ4v) is 6.39. The number of aryl methyl sites for hydroxylation is 2. The van der Waals surface area contributed by atoms with Crippen LogP contribution in [0.15, 0.2) is 41.3 Å². The molecule has 1 aliphatic carbocycles. The molecule has 164 valence electrons. The molecule has 2 aliphatic heterocycles. The Morgan fingerprint density at radius 3 is 2.52 bits per heavy atom. The van der Waals surface area contributed by atoms with Gasteiger partial charge in [0.05, 0.1) is 10.5 Å². The number of rotatable bonds is 3. The second-order valence-electron chi connectivity index (χ2n) is 8.82. The van der Waals surface area contributed by atoms with Gasteiger partial charge in [-0.25, -0.2) is 8.42 Å². The molecule has 1 fully saturated rings. The molecule has 5 rings (SSSR count). The van der Waals surface area contributed by atoms with E-state index < -0.39 is 10.0 Å². The third-order valence-electron chi connectivity index (χ3n) is 7.01. The monoisotopic (exact) mass is 440 g/mol. The molecule has 3 aliphatic rings. The molecule has 0 N–H and O–H groups in total. The summed E-state index contributed by atoms with van der Waals surface area (Å²) in [5.41, 5.74) is 4.05. The van der Waals surface area contributed by atoms with Crippen LogP contribution in [-0.4, -0.2) is 55.8 Å². The van der Waals surface area contributed by atoms with Gasteiger partial charge in [0.2, 0.25) is 10.0 Å². The van der Waals surface area contributed by atoms with E-state index in [1.807, 2.05) is 31.2 Å². The van der Waals surface area contributed by atoms with Crippen molar-refractivity contribution >= 4 is 15.9 Å². The number of benzene rings is 2. The van der Waals surface area contributed by atoms with Crippen LogP contribution in [0.3, 0.4) is 0 Å². The summed E-state index contributed by atoms with van der Waals surface area (Å²) in [4.78, 5) is 15.3. The summed E-state index contributed by atoms with van der Waals surface area (Å²) in [6.07, 6.45) is 3.10. The topological polar surface area (TPSA) is 66.9 Å². The second-order valence-corrected chi connectivity index (χ2v) is 10.8. The lowest BCUT2D eigenvalue weighted by atomic mass is 9.96. The Morgan fingerprint density at radius 2 is 1.74 bits per heavy atom. The summed E-state index contributed by atoms with van der Waals surface area (Å²) in [5, 5.41) is 0. The third kappa shape index (κ3) is 3.44. The van der Waals surface area contributed by atoms with Crippen molar-refractivity contribution < 1.29 is 17.9 Å². The minimum absolute atomic E-state index is 0.0401. The molecule has 7 heteroatoms. The minimum Gasteiger partial charge on any atom is -0.489 e. The fourth-order valence-electron chi connectivity index (χ4n) is 4.91. The predicted octanol–water partition coefficient (Wildman–Crippen LogP) is 3.21. The summed E-state index contributed by atoms with van der Waals surface area (Å²) < 4.78 is 33.8. The van der Waals surface area contributed by atoms with Crippen molar-refractivity contribution in [2.24, 2.45) is 0 Å². The zero-order chi connectivity index (χ0) is 21.8. The van der Waals surface area contributed by atoms with E-state index in [2.05, 4.69) is 6.92 Å². The quantitative estimate of drug-likeness (QED) is 0.735. The van der Waals surface area contributed by atoms with Crippen LogP contribution < -0.4 is 4.74 Å². The van der Waals surface area contributed by atoms with Gasteiger partial charge >= 0.3 is 0 Å². The SMILES string of the molecule is C[C@@H]1Oc2c(C(=O)N3CCN(S(=O)(=O)c4ccc5c(c4)CCC5)CC3)cccc2[C@H]1C. The molecule has 1 saturated heterocycles. The lowest BCUT2D eigenvalue weighted by molar-refractivity contribution is 0.0692. The lowest BCUT2D eigenvalue weighted by Gasteiger charge is -2.34. The van der Waals surface area contributed by atoms with Gasteiger partial charge in [-0.3, -0.25) is 4.79 Å². The lowest BCUT2D eigenvalue weighted by Crippen LogP contribution is -2.50. The molecule has 6 nitrogen and oxygen atoms in total. The molecule has 2 heterocycles. The summed E-state index contributed by atoms with van der Waals surface area (Å²) in [6.45, 7) is 5.46. The van der Waals surface area contributed by atoms with E-state index in [4.69, 9.17) is 4.74 Å². The van der Waals surface area contributed by atoms with Crippen molar-refractivity contribution in [1.82, 2.24) is 9.21 Å². The second kappa shape index (κ2) is 7.64. The average molecular weight is 441 g/mol. The van der Waals surface area contributed by atoms with E-state index in [1.165, 1.54) is 9.87 Å². The number of nitrogens with zero attached hydrogens (tertiary/aromatic N) is 2. The van der Waals surface area contributed by atoms with E-state index in [1.54, 1.807) is 17.0 Å². The van der Waals surface area contributed by atoms with Crippen molar-refractivity contribution in [1.29, 1.82) is 0 Å². The van der Waals surface area contributed by atoms with Crippen LogP contribution in [0.2, 0.25) is 0 Å². The molecule has 0 unspecified atom stereocenters. The highest BCUT2D eigenvalue weighted by Crippen LogP contribution is 2.40. The van der Waals surface area contributed by atoms with Gasteiger partial charge in [-0.1, -0.05) is 25.1 Å². The number of ether oxygens (including phenoxy) is 1. The number of fused-ring (bicyclic) bond motifs is 2. The maximum atomic E-state index is 13.2. The zero-order valence-electron chi connectivity index (χ0n) is 18.0. The highest BCUT2D eigenvalue weighted by molar-refractivity contribution is 7.89. The van der Waals surface area contributed by atoms with Crippen molar-refractivity contribution in [2.75, 3.05) is 26.2 Å². The molecular formula is C24H28N2O4S. The number of carbonyl (C=O) groups is 1. The van der Waals surface area contributed by atoms with Crippen LogP contribution in [0.5, 0.6) is 5.75 Å². The van der Waals surface area contributed by atoms with Gasteiger partial charge in [0.1, 0.15) is 11.9 Å². The van der Waals surface area contributed by atoms with Crippen molar-refractivity contribution in [3.8, 4) is 5.75 Å². The Balaban J connectivity index is 1.31.